The van der Waals surface area contributed by atoms with E-state index in [-0.39, 0.29) is 6.10 Å². The molecule has 1 aliphatic heterocycles. The van der Waals surface area contributed by atoms with Crippen molar-refractivity contribution in [2.45, 2.75) is 25.1 Å². The first-order valence-electron chi connectivity index (χ1n) is 6.31. The van der Waals surface area contributed by atoms with Crippen LogP contribution in [0.15, 0.2) is 18.3 Å². The van der Waals surface area contributed by atoms with Gasteiger partial charge in [0.05, 0.1) is 17.9 Å². The molecule has 21 heavy (non-hydrogen) atoms. The summed E-state index contributed by atoms with van der Waals surface area (Å²) in [7, 11) is -3.49. The number of pyridine rings is 1. The highest BCUT2D eigenvalue weighted by molar-refractivity contribution is 7.86. The minimum absolute atomic E-state index is 0.384. The van der Waals surface area contributed by atoms with Crippen molar-refractivity contribution in [3.05, 3.63) is 23.9 Å². The minimum atomic E-state index is -4.40. The van der Waals surface area contributed by atoms with Gasteiger partial charge < -0.3 is 4.90 Å². The van der Waals surface area contributed by atoms with Crippen molar-refractivity contribution in [1.29, 1.82) is 0 Å². The summed E-state index contributed by atoms with van der Waals surface area (Å²) >= 11 is 0. The monoisotopic (exact) mass is 324 g/mol. The number of rotatable bonds is 3. The fraction of sp³-hybridized carbons (Fsp3) is 0.583. The first-order valence-corrected chi connectivity index (χ1v) is 8.13. The molecule has 0 aromatic carbocycles. The largest absolute Gasteiger partial charge is 0.417 e. The number of halogens is 3. The summed E-state index contributed by atoms with van der Waals surface area (Å²) in [6.45, 7) is 0.969. The maximum absolute atomic E-state index is 12.4. The van der Waals surface area contributed by atoms with Crippen LogP contribution in [-0.2, 0) is 20.5 Å². The van der Waals surface area contributed by atoms with Crippen LogP contribution in [0.25, 0.3) is 0 Å². The van der Waals surface area contributed by atoms with Crippen LogP contribution in [0.5, 0.6) is 0 Å². The molecule has 1 aromatic heterocycles. The van der Waals surface area contributed by atoms with Crippen LogP contribution in [0.3, 0.4) is 0 Å². The molecule has 9 heteroatoms. The Morgan fingerprint density at radius 2 is 1.90 bits per heavy atom. The van der Waals surface area contributed by atoms with Crippen LogP contribution >= 0.6 is 0 Å². The van der Waals surface area contributed by atoms with Gasteiger partial charge in [0.25, 0.3) is 10.1 Å². The molecule has 0 atom stereocenters. The lowest BCUT2D eigenvalue weighted by atomic mass is 10.1. The maximum atomic E-state index is 12.4. The van der Waals surface area contributed by atoms with Crippen molar-refractivity contribution >= 4 is 15.9 Å². The average Bonchev–Trinajstić information content (AvgIpc) is 2.37. The Labute approximate surface area is 120 Å². The van der Waals surface area contributed by atoms with Gasteiger partial charge in [-0.3, -0.25) is 4.18 Å². The number of aromatic nitrogens is 1. The average molecular weight is 324 g/mol. The molecule has 0 radical (unpaired) electrons. The Morgan fingerprint density at radius 1 is 1.29 bits per heavy atom. The van der Waals surface area contributed by atoms with Crippen LogP contribution < -0.4 is 4.90 Å². The molecule has 1 saturated heterocycles. The van der Waals surface area contributed by atoms with Crippen molar-refractivity contribution in [2.24, 2.45) is 0 Å². The van der Waals surface area contributed by atoms with Gasteiger partial charge in [-0.05, 0) is 25.0 Å². The van der Waals surface area contributed by atoms with Gasteiger partial charge in [-0.2, -0.15) is 21.6 Å². The molecular weight excluding hydrogens is 309 g/mol. The van der Waals surface area contributed by atoms with E-state index in [0.717, 1.165) is 18.5 Å². The summed E-state index contributed by atoms with van der Waals surface area (Å²) in [6, 6.07) is 2.31. The molecule has 0 bridgehead atoms. The second kappa shape index (κ2) is 5.80. The van der Waals surface area contributed by atoms with Crippen molar-refractivity contribution < 1.29 is 25.8 Å². The first-order chi connectivity index (χ1) is 9.65. The van der Waals surface area contributed by atoms with Gasteiger partial charge >= 0.3 is 6.18 Å². The van der Waals surface area contributed by atoms with E-state index in [1.54, 1.807) is 0 Å². The molecule has 5 nitrogen and oxygen atoms in total. The zero-order chi connectivity index (χ0) is 15.7. The predicted octanol–water partition coefficient (Wildman–Crippen LogP) is 2.05. The highest BCUT2D eigenvalue weighted by Crippen LogP contribution is 2.30. The second-order valence-corrected chi connectivity index (χ2v) is 6.49. The van der Waals surface area contributed by atoms with E-state index in [0.29, 0.717) is 31.7 Å². The molecule has 1 aliphatic rings. The molecule has 2 heterocycles. The third-order valence-corrected chi connectivity index (χ3v) is 3.77. The van der Waals surface area contributed by atoms with Crippen molar-refractivity contribution in [1.82, 2.24) is 4.98 Å². The third-order valence-electron chi connectivity index (χ3n) is 3.15. The highest BCUT2D eigenvalue weighted by atomic mass is 32.2. The van der Waals surface area contributed by atoms with Gasteiger partial charge in [0.1, 0.15) is 5.82 Å². The van der Waals surface area contributed by atoms with Crippen LogP contribution in [0.2, 0.25) is 0 Å². The standard InChI is InChI=1S/C12H15F3N2O3S/c1-21(18,19)20-10-4-6-17(7-5-10)11-3-2-9(8-16-11)12(13,14)15/h2-3,8,10H,4-7H2,1H3. The number of piperidine rings is 1. The Morgan fingerprint density at radius 3 is 2.33 bits per heavy atom. The number of hydrogen-bond acceptors (Lipinski definition) is 5. The predicted molar refractivity (Wildman–Crippen MR) is 70.4 cm³/mol. The highest BCUT2D eigenvalue weighted by Gasteiger charge is 2.31. The fourth-order valence-corrected chi connectivity index (χ4v) is 2.86. The molecule has 0 unspecified atom stereocenters. The Bertz CT molecular complexity index is 579. The SMILES string of the molecule is CS(=O)(=O)OC1CCN(c2ccc(C(F)(F)F)cn2)CC1. The summed E-state index contributed by atoms with van der Waals surface area (Å²) in [4.78, 5) is 5.62. The summed E-state index contributed by atoms with van der Waals surface area (Å²) in [6.07, 6.45) is -2.02. The van der Waals surface area contributed by atoms with Crippen LogP contribution in [0, 0.1) is 0 Å². The van der Waals surface area contributed by atoms with Gasteiger partial charge in [-0.1, -0.05) is 0 Å². The molecule has 0 saturated carbocycles. The molecule has 2 rings (SSSR count). The van der Waals surface area contributed by atoms with Crippen LogP contribution in [0.1, 0.15) is 18.4 Å². The van der Waals surface area contributed by atoms with E-state index in [2.05, 4.69) is 4.98 Å². The quantitative estimate of drug-likeness (QED) is 0.797. The Balaban J connectivity index is 1.96. The van der Waals surface area contributed by atoms with Crippen molar-refractivity contribution in [3.63, 3.8) is 0 Å². The normalized spacial score (nSPS) is 18.0. The molecule has 0 spiro atoms. The molecule has 0 aliphatic carbocycles. The first kappa shape index (κ1) is 16.0. The summed E-state index contributed by atoms with van der Waals surface area (Å²) in [5.41, 5.74) is -0.790. The lowest BCUT2D eigenvalue weighted by molar-refractivity contribution is -0.137. The van der Waals surface area contributed by atoms with Gasteiger partial charge in [0.2, 0.25) is 0 Å². The topological polar surface area (TPSA) is 59.5 Å². The van der Waals surface area contributed by atoms with E-state index in [1.165, 1.54) is 6.07 Å². The maximum Gasteiger partial charge on any atom is 0.417 e. The lowest BCUT2D eigenvalue weighted by Gasteiger charge is -2.32. The summed E-state index contributed by atoms with van der Waals surface area (Å²) in [5.74, 6) is 0.445. The van der Waals surface area contributed by atoms with Crippen LogP contribution in [0.4, 0.5) is 19.0 Å². The third kappa shape index (κ3) is 4.57. The fourth-order valence-electron chi connectivity index (χ4n) is 2.17. The molecule has 1 fully saturated rings. The number of alkyl halides is 3. The van der Waals surface area contributed by atoms with E-state index < -0.39 is 21.9 Å². The van der Waals surface area contributed by atoms with Gasteiger partial charge in [-0.15, -0.1) is 0 Å². The number of hydrogen-bond donors (Lipinski definition) is 0. The summed E-state index contributed by atoms with van der Waals surface area (Å²) in [5, 5.41) is 0. The molecular formula is C12H15F3N2O3S. The Hall–Kier alpha value is -1.35. The van der Waals surface area contributed by atoms with E-state index in [9.17, 15) is 21.6 Å². The zero-order valence-electron chi connectivity index (χ0n) is 11.3. The number of anilines is 1. The smallest absolute Gasteiger partial charge is 0.356 e. The van der Waals surface area contributed by atoms with E-state index in [1.807, 2.05) is 4.90 Å². The van der Waals surface area contributed by atoms with Crippen LogP contribution in [-0.4, -0.2) is 38.9 Å². The summed E-state index contributed by atoms with van der Waals surface area (Å²) < 4.78 is 64.3. The van der Waals surface area contributed by atoms with Gasteiger partial charge in [0, 0.05) is 19.3 Å². The van der Waals surface area contributed by atoms with Gasteiger partial charge in [0.15, 0.2) is 0 Å². The second-order valence-electron chi connectivity index (χ2n) is 4.89. The minimum Gasteiger partial charge on any atom is -0.356 e. The molecule has 1 aromatic rings. The van der Waals surface area contributed by atoms with Crippen molar-refractivity contribution in [2.75, 3.05) is 24.2 Å². The molecule has 0 amide bonds. The van der Waals surface area contributed by atoms with E-state index >= 15 is 0 Å². The molecule has 0 N–H and O–H groups in total. The van der Waals surface area contributed by atoms with E-state index in [4.69, 9.17) is 4.18 Å². The Kier molecular flexibility index (Phi) is 4.43. The van der Waals surface area contributed by atoms with Gasteiger partial charge in [-0.25, -0.2) is 4.98 Å². The molecule has 118 valence electrons. The zero-order valence-corrected chi connectivity index (χ0v) is 12.1. The lowest BCUT2D eigenvalue weighted by Crippen LogP contribution is -2.38. The number of nitrogens with zero attached hydrogens (tertiary/aromatic N) is 2. The van der Waals surface area contributed by atoms with Crippen molar-refractivity contribution in [3.8, 4) is 0 Å².